The Morgan fingerprint density at radius 2 is 1.96 bits per heavy atom. The summed E-state index contributed by atoms with van der Waals surface area (Å²) < 4.78 is 37.9. The number of fused-ring (bicyclic) bond motifs is 1. The van der Waals surface area contributed by atoms with Gasteiger partial charge in [0.2, 0.25) is 0 Å². The van der Waals surface area contributed by atoms with Crippen LogP contribution in [0.5, 0.6) is 0 Å². The first kappa shape index (κ1) is 18.4. The lowest BCUT2D eigenvalue weighted by Crippen LogP contribution is -2.32. The van der Waals surface area contributed by atoms with Gasteiger partial charge in [-0.15, -0.1) is 0 Å². The number of H-pyrrole nitrogens is 1. The molecule has 144 valence electrons. The van der Waals surface area contributed by atoms with E-state index in [1.807, 2.05) is 30.6 Å². The maximum Gasteiger partial charge on any atom is 0.416 e. The van der Waals surface area contributed by atoms with Crippen LogP contribution in [0.1, 0.15) is 11.1 Å². The molecule has 0 bridgehead atoms. The Balaban J connectivity index is 1.39. The normalized spacial score (nSPS) is 16.7. The highest BCUT2D eigenvalue weighted by atomic mass is 35.5. The summed E-state index contributed by atoms with van der Waals surface area (Å²) in [7, 11) is 0. The lowest BCUT2D eigenvalue weighted by Gasteiger charge is -2.21. The Kier molecular flexibility index (Phi) is 4.77. The monoisotopic (exact) mass is 404 g/mol. The fourth-order valence-corrected chi connectivity index (χ4v) is 3.21. The summed E-state index contributed by atoms with van der Waals surface area (Å²) in [5, 5.41) is 7.90. The number of hydrogen-bond donors (Lipinski definition) is 3. The van der Waals surface area contributed by atoms with E-state index < -0.39 is 11.7 Å². The van der Waals surface area contributed by atoms with Crippen molar-refractivity contribution < 1.29 is 13.2 Å². The molecule has 2 aromatic heterocycles. The van der Waals surface area contributed by atoms with Crippen molar-refractivity contribution in [3.63, 3.8) is 0 Å². The molecule has 4 rings (SSSR count). The van der Waals surface area contributed by atoms with Gasteiger partial charge in [0, 0.05) is 36.1 Å². The summed E-state index contributed by atoms with van der Waals surface area (Å²) in [4.78, 5) is 7.38. The third-order valence-corrected chi connectivity index (χ3v) is 4.67. The van der Waals surface area contributed by atoms with Gasteiger partial charge in [-0.25, -0.2) is 4.98 Å². The molecule has 3 heterocycles. The second-order valence-corrected chi connectivity index (χ2v) is 6.92. The summed E-state index contributed by atoms with van der Waals surface area (Å²) in [6.07, 6.45) is 5.46. The van der Waals surface area contributed by atoms with E-state index >= 15 is 0 Å². The van der Waals surface area contributed by atoms with Crippen molar-refractivity contribution in [2.45, 2.75) is 18.8 Å². The predicted molar refractivity (Wildman–Crippen MR) is 104 cm³/mol. The highest BCUT2D eigenvalue weighted by molar-refractivity contribution is 6.31. The molecule has 3 aromatic rings. The third kappa shape index (κ3) is 3.99. The quantitative estimate of drug-likeness (QED) is 0.556. The first-order chi connectivity index (χ1) is 13.4. The number of hydrogen-bond acceptors (Lipinski definition) is 3. The minimum atomic E-state index is -4.33. The molecule has 1 aliphatic rings. The largest absolute Gasteiger partial charge is 0.416 e. The van der Waals surface area contributed by atoms with E-state index in [9.17, 15) is 13.2 Å². The molecule has 0 aliphatic carbocycles. The van der Waals surface area contributed by atoms with Crippen LogP contribution in [0.4, 0.5) is 18.9 Å². The van der Waals surface area contributed by atoms with Crippen LogP contribution in [0.2, 0.25) is 5.02 Å². The van der Waals surface area contributed by atoms with Crippen molar-refractivity contribution >= 4 is 28.3 Å². The minimum Gasteiger partial charge on any atom is -0.368 e. The predicted octanol–water partition coefficient (Wildman–Crippen LogP) is 5.26. The lowest BCUT2D eigenvalue weighted by atomic mass is 10.0. The first-order valence-electron chi connectivity index (χ1n) is 8.57. The van der Waals surface area contributed by atoms with Gasteiger partial charge in [0.05, 0.1) is 10.6 Å². The van der Waals surface area contributed by atoms with Crippen LogP contribution in [0.25, 0.3) is 11.0 Å². The van der Waals surface area contributed by atoms with Crippen LogP contribution in [0.3, 0.4) is 0 Å². The van der Waals surface area contributed by atoms with Gasteiger partial charge in [0.1, 0.15) is 11.8 Å². The van der Waals surface area contributed by atoms with E-state index in [-0.39, 0.29) is 6.17 Å². The number of rotatable bonds is 4. The van der Waals surface area contributed by atoms with Gasteiger partial charge in [-0.2, -0.15) is 13.2 Å². The van der Waals surface area contributed by atoms with Crippen molar-refractivity contribution in [2.75, 3.05) is 5.32 Å². The fraction of sp³-hybridized carbons (Fsp3) is 0.150. The molecule has 0 fully saturated rings. The van der Waals surface area contributed by atoms with E-state index in [4.69, 9.17) is 11.6 Å². The Morgan fingerprint density at radius 3 is 2.64 bits per heavy atom. The highest BCUT2D eigenvalue weighted by Crippen LogP contribution is 2.30. The number of dihydropyridines is 1. The van der Waals surface area contributed by atoms with Crippen LogP contribution in [-0.2, 0) is 12.6 Å². The molecule has 3 N–H and O–H groups in total. The Morgan fingerprint density at radius 1 is 1.18 bits per heavy atom. The second kappa shape index (κ2) is 7.24. The van der Waals surface area contributed by atoms with Crippen LogP contribution in [0, 0.1) is 0 Å². The highest BCUT2D eigenvalue weighted by Gasteiger charge is 2.30. The van der Waals surface area contributed by atoms with E-state index in [1.165, 1.54) is 12.1 Å². The zero-order valence-corrected chi connectivity index (χ0v) is 15.3. The van der Waals surface area contributed by atoms with Crippen LogP contribution in [-0.4, -0.2) is 16.1 Å². The SMILES string of the molecule is FC(F)(F)c1ccc(NC2C=CC(Cc3c[nH]c4ncc(Cl)cc34)=CN2)cc1. The molecule has 0 saturated heterocycles. The zero-order valence-electron chi connectivity index (χ0n) is 14.5. The molecule has 4 nitrogen and oxygen atoms in total. The van der Waals surface area contributed by atoms with Gasteiger partial charge in [0.15, 0.2) is 0 Å². The summed E-state index contributed by atoms with van der Waals surface area (Å²) in [5.41, 5.74) is 2.86. The molecular weight excluding hydrogens is 389 g/mol. The lowest BCUT2D eigenvalue weighted by molar-refractivity contribution is -0.137. The Labute approximate surface area is 164 Å². The molecule has 0 amide bonds. The number of nitrogens with zero attached hydrogens (tertiary/aromatic N) is 1. The summed E-state index contributed by atoms with van der Waals surface area (Å²) in [6, 6.07) is 6.84. The molecule has 0 spiro atoms. The topological polar surface area (TPSA) is 52.7 Å². The number of halogens is 4. The van der Waals surface area contributed by atoms with Gasteiger partial charge < -0.3 is 15.6 Å². The number of allylic oxidation sites excluding steroid dienone is 2. The third-order valence-electron chi connectivity index (χ3n) is 4.46. The minimum absolute atomic E-state index is 0.209. The van der Waals surface area contributed by atoms with Gasteiger partial charge in [-0.3, -0.25) is 0 Å². The number of pyridine rings is 1. The number of nitrogens with one attached hydrogen (secondary N) is 3. The van der Waals surface area contributed by atoms with Crippen molar-refractivity contribution in [3.8, 4) is 0 Å². The molecule has 1 atom stereocenters. The van der Waals surface area contributed by atoms with Crippen molar-refractivity contribution in [2.24, 2.45) is 0 Å². The molecule has 1 aromatic carbocycles. The van der Waals surface area contributed by atoms with Gasteiger partial charge in [0.25, 0.3) is 0 Å². The fourth-order valence-electron chi connectivity index (χ4n) is 3.05. The van der Waals surface area contributed by atoms with Crippen molar-refractivity contribution in [3.05, 3.63) is 82.8 Å². The van der Waals surface area contributed by atoms with Crippen LogP contribution >= 0.6 is 11.6 Å². The van der Waals surface area contributed by atoms with Crippen LogP contribution < -0.4 is 10.6 Å². The molecule has 28 heavy (non-hydrogen) atoms. The maximum absolute atomic E-state index is 12.6. The van der Waals surface area contributed by atoms with E-state index in [0.717, 1.165) is 34.3 Å². The number of aromatic amines is 1. The smallest absolute Gasteiger partial charge is 0.368 e. The number of aromatic nitrogens is 2. The van der Waals surface area contributed by atoms with Crippen LogP contribution in [0.15, 0.2) is 66.7 Å². The van der Waals surface area contributed by atoms with Gasteiger partial charge in [-0.1, -0.05) is 17.7 Å². The molecule has 0 saturated carbocycles. The Hall–Kier alpha value is -2.93. The maximum atomic E-state index is 12.6. The number of alkyl halides is 3. The van der Waals surface area contributed by atoms with E-state index in [1.54, 1.807) is 6.20 Å². The molecule has 8 heteroatoms. The molecule has 0 radical (unpaired) electrons. The summed E-state index contributed by atoms with van der Waals surface area (Å²) >= 11 is 6.03. The zero-order chi connectivity index (χ0) is 19.7. The Bertz CT molecular complexity index is 1050. The van der Waals surface area contributed by atoms with E-state index in [2.05, 4.69) is 20.6 Å². The van der Waals surface area contributed by atoms with E-state index in [0.29, 0.717) is 17.1 Å². The summed E-state index contributed by atoms with van der Waals surface area (Å²) in [6.45, 7) is 0. The van der Waals surface area contributed by atoms with Crippen molar-refractivity contribution in [1.29, 1.82) is 0 Å². The average molecular weight is 405 g/mol. The molecule has 1 unspecified atom stereocenters. The molecular formula is C20H16ClF3N4. The summed E-state index contributed by atoms with van der Waals surface area (Å²) in [5.74, 6) is 0. The average Bonchev–Trinajstić information content (AvgIpc) is 3.05. The standard InChI is InChI=1S/C20H16ClF3N4/c21-15-8-17-13(10-26-19(17)27-11-15)7-12-1-6-18(25-9-12)28-16-4-2-14(3-5-16)20(22,23)24/h1-6,8-11,18,25,28H,7H2,(H,26,27). The first-order valence-corrected chi connectivity index (χ1v) is 8.95. The second-order valence-electron chi connectivity index (χ2n) is 6.48. The van der Waals surface area contributed by atoms with Crippen molar-refractivity contribution in [1.82, 2.24) is 15.3 Å². The van der Waals surface area contributed by atoms with Gasteiger partial charge in [-0.05, 0) is 47.5 Å². The molecule has 1 aliphatic heterocycles. The van der Waals surface area contributed by atoms with Gasteiger partial charge >= 0.3 is 6.18 Å². The number of anilines is 1. The number of benzene rings is 1.